The number of hydrogen-bond acceptors (Lipinski definition) is 5. The van der Waals surface area contributed by atoms with Crippen molar-refractivity contribution in [3.05, 3.63) is 44.9 Å². The first-order chi connectivity index (χ1) is 11.5. The van der Waals surface area contributed by atoms with Crippen molar-refractivity contribution in [3.63, 3.8) is 0 Å². The number of rotatable bonds is 4. The molecule has 3 rings (SSSR count). The minimum Gasteiger partial charge on any atom is -0.353 e. The minimum absolute atomic E-state index is 0.168. The van der Waals surface area contributed by atoms with Crippen molar-refractivity contribution in [1.82, 2.24) is 19.5 Å². The first kappa shape index (κ1) is 16.4. The zero-order valence-electron chi connectivity index (χ0n) is 14.1. The average Bonchev–Trinajstić information content (AvgIpc) is 2.57. The van der Waals surface area contributed by atoms with Crippen LogP contribution < -0.4 is 16.7 Å². The SMILES string of the molecule is Cc1ccc(-n2c(=O)nc(N[C@@H](C)C3CCCCC3)[nH]c2=O)nc1. The Morgan fingerprint density at radius 1 is 1.25 bits per heavy atom. The highest BCUT2D eigenvalue weighted by Gasteiger charge is 2.21. The van der Waals surface area contributed by atoms with Crippen LogP contribution in [0.4, 0.5) is 5.95 Å². The predicted molar refractivity (Wildman–Crippen MR) is 92.6 cm³/mol. The van der Waals surface area contributed by atoms with Crippen LogP contribution in [0.25, 0.3) is 5.82 Å². The van der Waals surface area contributed by atoms with Crippen molar-refractivity contribution in [2.45, 2.75) is 52.0 Å². The van der Waals surface area contributed by atoms with Gasteiger partial charge in [-0.25, -0.2) is 14.6 Å². The molecule has 0 radical (unpaired) electrons. The van der Waals surface area contributed by atoms with E-state index in [0.717, 1.165) is 10.1 Å². The van der Waals surface area contributed by atoms with Crippen LogP contribution in [0, 0.1) is 12.8 Å². The molecule has 1 saturated carbocycles. The summed E-state index contributed by atoms with van der Waals surface area (Å²) in [5, 5.41) is 3.18. The fraction of sp³-hybridized carbons (Fsp3) is 0.529. The Hall–Kier alpha value is -2.44. The summed E-state index contributed by atoms with van der Waals surface area (Å²) >= 11 is 0. The summed E-state index contributed by atoms with van der Waals surface area (Å²) in [5.41, 5.74) is -0.214. The van der Waals surface area contributed by atoms with E-state index in [2.05, 4.69) is 27.2 Å². The molecule has 128 valence electrons. The van der Waals surface area contributed by atoms with E-state index in [0.29, 0.717) is 5.92 Å². The summed E-state index contributed by atoms with van der Waals surface area (Å²) in [7, 11) is 0. The molecule has 7 heteroatoms. The van der Waals surface area contributed by atoms with Crippen LogP contribution in [0.15, 0.2) is 27.9 Å². The summed E-state index contributed by atoms with van der Waals surface area (Å²) in [4.78, 5) is 35.3. The van der Waals surface area contributed by atoms with Crippen LogP contribution in [0.3, 0.4) is 0 Å². The summed E-state index contributed by atoms with van der Waals surface area (Å²) < 4.78 is 0.940. The standard InChI is InChI=1S/C17H23N5O2/c1-11-8-9-14(18-10-11)22-16(23)20-15(21-17(22)24)19-12(2)13-6-4-3-5-7-13/h8-10,12-13H,3-7H2,1-2H3,(H2,19,20,21,23,24)/t12-/m0/s1. The molecule has 0 unspecified atom stereocenters. The first-order valence-electron chi connectivity index (χ1n) is 8.47. The maximum Gasteiger partial charge on any atom is 0.360 e. The molecule has 0 saturated heterocycles. The van der Waals surface area contributed by atoms with Gasteiger partial charge in [0.1, 0.15) is 5.82 Å². The second-order valence-electron chi connectivity index (χ2n) is 6.53. The summed E-state index contributed by atoms with van der Waals surface area (Å²) in [6, 6.07) is 3.60. The summed E-state index contributed by atoms with van der Waals surface area (Å²) in [6.45, 7) is 3.96. The van der Waals surface area contributed by atoms with E-state index in [4.69, 9.17) is 0 Å². The third kappa shape index (κ3) is 3.55. The van der Waals surface area contributed by atoms with E-state index in [1.807, 2.05) is 6.92 Å². The van der Waals surface area contributed by atoms with Crippen LogP contribution in [0.5, 0.6) is 0 Å². The number of aryl methyl sites for hydroxylation is 1. The second-order valence-corrected chi connectivity index (χ2v) is 6.53. The van der Waals surface area contributed by atoms with Gasteiger partial charge in [-0.05, 0) is 44.2 Å². The second kappa shape index (κ2) is 6.98. The third-order valence-corrected chi connectivity index (χ3v) is 4.67. The van der Waals surface area contributed by atoms with E-state index in [1.165, 1.54) is 32.1 Å². The van der Waals surface area contributed by atoms with Gasteiger partial charge in [-0.3, -0.25) is 4.98 Å². The Kier molecular flexibility index (Phi) is 4.78. The fourth-order valence-corrected chi connectivity index (χ4v) is 3.25. The molecule has 24 heavy (non-hydrogen) atoms. The van der Waals surface area contributed by atoms with E-state index < -0.39 is 11.4 Å². The minimum atomic E-state index is -0.631. The topological polar surface area (TPSA) is 92.7 Å². The lowest BCUT2D eigenvalue weighted by molar-refractivity contribution is 0.327. The smallest absolute Gasteiger partial charge is 0.353 e. The van der Waals surface area contributed by atoms with Gasteiger partial charge in [-0.1, -0.05) is 25.3 Å². The predicted octanol–water partition coefficient (Wildman–Crippen LogP) is 2.00. The van der Waals surface area contributed by atoms with Crippen molar-refractivity contribution in [2.75, 3.05) is 5.32 Å². The van der Waals surface area contributed by atoms with Crippen molar-refractivity contribution >= 4 is 5.95 Å². The molecular weight excluding hydrogens is 306 g/mol. The maximum absolute atomic E-state index is 12.3. The number of aromatic amines is 1. The average molecular weight is 329 g/mol. The van der Waals surface area contributed by atoms with Crippen LogP contribution in [0.2, 0.25) is 0 Å². The van der Waals surface area contributed by atoms with E-state index in [9.17, 15) is 9.59 Å². The zero-order chi connectivity index (χ0) is 17.1. The molecule has 0 aliphatic heterocycles. The molecule has 0 spiro atoms. The monoisotopic (exact) mass is 329 g/mol. The first-order valence-corrected chi connectivity index (χ1v) is 8.47. The molecule has 2 aromatic heterocycles. The number of hydrogen-bond donors (Lipinski definition) is 2. The van der Waals surface area contributed by atoms with Crippen LogP contribution in [-0.2, 0) is 0 Å². The van der Waals surface area contributed by atoms with E-state index in [-0.39, 0.29) is 17.8 Å². The maximum atomic E-state index is 12.3. The number of anilines is 1. The lowest BCUT2D eigenvalue weighted by Gasteiger charge is -2.28. The highest BCUT2D eigenvalue weighted by atomic mass is 16.2. The molecule has 1 atom stereocenters. The highest BCUT2D eigenvalue weighted by molar-refractivity contribution is 5.28. The van der Waals surface area contributed by atoms with Crippen molar-refractivity contribution < 1.29 is 0 Å². The lowest BCUT2D eigenvalue weighted by Crippen LogP contribution is -2.38. The largest absolute Gasteiger partial charge is 0.360 e. The molecule has 1 fully saturated rings. The van der Waals surface area contributed by atoms with E-state index >= 15 is 0 Å². The highest BCUT2D eigenvalue weighted by Crippen LogP contribution is 2.27. The van der Waals surface area contributed by atoms with Gasteiger partial charge >= 0.3 is 11.4 Å². The Morgan fingerprint density at radius 3 is 2.62 bits per heavy atom. The van der Waals surface area contributed by atoms with E-state index in [1.54, 1.807) is 18.3 Å². The molecular formula is C17H23N5O2. The van der Waals surface area contributed by atoms with Gasteiger partial charge in [0.2, 0.25) is 5.95 Å². The summed E-state index contributed by atoms with van der Waals surface area (Å²) in [5.74, 6) is 1.04. The third-order valence-electron chi connectivity index (χ3n) is 4.67. The molecule has 2 aromatic rings. The van der Waals surface area contributed by atoms with Gasteiger partial charge in [-0.2, -0.15) is 9.55 Å². The molecule has 1 aliphatic rings. The van der Waals surface area contributed by atoms with Gasteiger partial charge in [-0.15, -0.1) is 0 Å². The van der Waals surface area contributed by atoms with Gasteiger partial charge in [0.25, 0.3) is 0 Å². The number of nitrogens with one attached hydrogen (secondary N) is 2. The summed E-state index contributed by atoms with van der Waals surface area (Å²) in [6.07, 6.45) is 7.71. The molecule has 7 nitrogen and oxygen atoms in total. The Morgan fingerprint density at radius 2 is 2.00 bits per heavy atom. The molecule has 0 amide bonds. The zero-order valence-corrected chi connectivity index (χ0v) is 14.1. The molecule has 2 heterocycles. The number of pyridine rings is 1. The van der Waals surface area contributed by atoms with Crippen LogP contribution in [-0.4, -0.2) is 25.6 Å². The molecule has 2 N–H and O–H groups in total. The van der Waals surface area contributed by atoms with Crippen molar-refractivity contribution in [2.24, 2.45) is 5.92 Å². The van der Waals surface area contributed by atoms with Crippen molar-refractivity contribution in [1.29, 1.82) is 0 Å². The van der Waals surface area contributed by atoms with Gasteiger partial charge in [0.05, 0.1) is 0 Å². The van der Waals surface area contributed by atoms with Gasteiger partial charge < -0.3 is 5.32 Å². The normalized spacial score (nSPS) is 16.8. The Labute approximate surface area is 140 Å². The van der Waals surface area contributed by atoms with Crippen LogP contribution >= 0.6 is 0 Å². The Bertz CT molecular complexity index is 772. The lowest BCUT2D eigenvalue weighted by atomic mass is 9.85. The molecule has 0 aromatic carbocycles. The number of H-pyrrole nitrogens is 1. The molecule has 1 aliphatic carbocycles. The number of aromatic nitrogens is 4. The van der Waals surface area contributed by atoms with Crippen molar-refractivity contribution in [3.8, 4) is 5.82 Å². The van der Waals surface area contributed by atoms with Crippen LogP contribution in [0.1, 0.15) is 44.6 Å². The van der Waals surface area contributed by atoms with Gasteiger partial charge in [0, 0.05) is 12.2 Å². The van der Waals surface area contributed by atoms with Gasteiger partial charge in [0.15, 0.2) is 0 Å². The fourth-order valence-electron chi connectivity index (χ4n) is 3.25. The molecule has 0 bridgehead atoms. The Balaban J connectivity index is 1.83. The number of nitrogens with zero attached hydrogens (tertiary/aromatic N) is 3. The quantitative estimate of drug-likeness (QED) is 0.895.